The van der Waals surface area contributed by atoms with E-state index in [2.05, 4.69) is 17.4 Å². The van der Waals surface area contributed by atoms with Crippen LogP contribution in [0.5, 0.6) is 0 Å². The van der Waals surface area contributed by atoms with E-state index in [1.54, 1.807) is 6.92 Å². The maximum Gasteiger partial charge on any atom is 0.244 e. The van der Waals surface area contributed by atoms with E-state index in [0.717, 1.165) is 35.4 Å². The van der Waals surface area contributed by atoms with Crippen molar-refractivity contribution in [2.75, 3.05) is 10.6 Å². The number of hydrogen-bond acceptors (Lipinski definition) is 3. The minimum Gasteiger partial charge on any atom is -0.348 e. The molecule has 1 aliphatic carbocycles. The Morgan fingerprint density at radius 2 is 1.66 bits per heavy atom. The lowest BCUT2D eigenvalue weighted by atomic mass is 10.0. The van der Waals surface area contributed by atoms with Crippen LogP contribution in [0.15, 0.2) is 36.4 Å². The Hall–Kier alpha value is -1.76. The Labute approximate surface area is 182 Å². The topological polar surface area (TPSA) is 66.5 Å². The van der Waals surface area contributed by atoms with Crippen LogP contribution in [0, 0.1) is 0 Å². The van der Waals surface area contributed by atoms with Crippen molar-refractivity contribution in [1.82, 2.24) is 5.32 Å². The number of fused-ring (bicyclic) bond motifs is 1. The second kappa shape index (κ2) is 8.54. The number of sulfonamides is 1. The Balaban J connectivity index is 1.82. The number of benzene rings is 2. The van der Waals surface area contributed by atoms with Gasteiger partial charge in [0, 0.05) is 10.0 Å². The predicted octanol–water partition coefficient (Wildman–Crippen LogP) is 4.51. The number of anilines is 1. The van der Waals surface area contributed by atoms with Gasteiger partial charge in [0.25, 0.3) is 0 Å². The molecule has 29 heavy (non-hydrogen) atoms. The number of rotatable bonds is 6. The van der Waals surface area contributed by atoms with E-state index in [1.807, 2.05) is 13.0 Å². The summed E-state index contributed by atoms with van der Waals surface area (Å²) >= 11 is 12.1. The van der Waals surface area contributed by atoms with Gasteiger partial charge in [-0.15, -0.1) is 0 Å². The van der Waals surface area contributed by atoms with Crippen LogP contribution in [0.3, 0.4) is 0 Å². The summed E-state index contributed by atoms with van der Waals surface area (Å²) in [6.07, 6.45) is 4.36. The first-order chi connectivity index (χ1) is 13.6. The molecule has 156 valence electrons. The fourth-order valence-corrected chi connectivity index (χ4v) is 5.43. The van der Waals surface area contributed by atoms with Gasteiger partial charge in [0.2, 0.25) is 15.9 Å². The molecule has 0 saturated heterocycles. The quantitative estimate of drug-likeness (QED) is 0.697. The highest BCUT2D eigenvalue weighted by atomic mass is 35.5. The van der Waals surface area contributed by atoms with Crippen molar-refractivity contribution in [2.24, 2.45) is 0 Å². The minimum atomic E-state index is -3.75. The molecular formula is C21H24Cl2N2O3S. The van der Waals surface area contributed by atoms with Gasteiger partial charge in [-0.3, -0.25) is 9.10 Å². The number of hydrogen-bond donors (Lipinski definition) is 1. The molecule has 2 unspecified atom stereocenters. The Bertz CT molecular complexity index is 1020. The van der Waals surface area contributed by atoms with E-state index < -0.39 is 22.0 Å². The van der Waals surface area contributed by atoms with Crippen molar-refractivity contribution in [2.45, 2.75) is 45.2 Å². The summed E-state index contributed by atoms with van der Waals surface area (Å²) in [6.45, 7) is 3.43. The number of halogens is 2. The molecule has 0 fully saturated rings. The summed E-state index contributed by atoms with van der Waals surface area (Å²) in [6, 6.07) is 9.49. The molecule has 0 aromatic heterocycles. The number of nitrogens with one attached hydrogen (secondary N) is 1. The van der Waals surface area contributed by atoms with Crippen LogP contribution in [-0.4, -0.2) is 26.6 Å². The SMILES string of the molecule is CC(NC(=O)C(C)N(c1cc(Cl)cc(Cl)c1)S(C)(=O)=O)c1ccc2c(c1)CCC2. The number of aryl methyl sites for hydroxylation is 2. The smallest absolute Gasteiger partial charge is 0.244 e. The zero-order valence-electron chi connectivity index (χ0n) is 16.6. The van der Waals surface area contributed by atoms with Crippen molar-refractivity contribution < 1.29 is 13.2 Å². The van der Waals surface area contributed by atoms with Gasteiger partial charge in [0.05, 0.1) is 18.0 Å². The van der Waals surface area contributed by atoms with Crippen LogP contribution in [0.1, 0.15) is 43.0 Å². The van der Waals surface area contributed by atoms with Crippen molar-refractivity contribution in [3.05, 3.63) is 63.1 Å². The van der Waals surface area contributed by atoms with Crippen LogP contribution in [0.4, 0.5) is 5.69 Å². The van der Waals surface area contributed by atoms with Crippen LogP contribution >= 0.6 is 23.2 Å². The molecule has 2 aromatic carbocycles. The average molecular weight is 455 g/mol. The summed E-state index contributed by atoms with van der Waals surface area (Å²) in [5, 5.41) is 3.51. The average Bonchev–Trinajstić information content (AvgIpc) is 3.07. The maximum absolute atomic E-state index is 12.9. The van der Waals surface area contributed by atoms with E-state index in [0.29, 0.717) is 10.0 Å². The molecule has 0 aliphatic heterocycles. The van der Waals surface area contributed by atoms with Gasteiger partial charge in [0.1, 0.15) is 6.04 Å². The van der Waals surface area contributed by atoms with Crippen molar-refractivity contribution in [3.63, 3.8) is 0 Å². The fraction of sp³-hybridized carbons (Fsp3) is 0.381. The van der Waals surface area contributed by atoms with E-state index >= 15 is 0 Å². The van der Waals surface area contributed by atoms with Gasteiger partial charge in [0.15, 0.2) is 0 Å². The summed E-state index contributed by atoms with van der Waals surface area (Å²) in [5.74, 6) is -0.403. The molecule has 2 atom stereocenters. The number of carbonyl (C=O) groups is 1. The highest BCUT2D eigenvalue weighted by Gasteiger charge is 2.30. The first-order valence-electron chi connectivity index (χ1n) is 9.44. The number of nitrogens with zero attached hydrogens (tertiary/aromatic N) is 1. The van der Waals surface area contributed by atoms with Crippen LogP contribution < -0.4 is 9.62 Å². The molecule has 5 nitrogen and oxygen atoms in total. The van der Waals surface area contributed by atoms with E-state index in [1.165, 1.54) is 29.3 Å². The fourth-order valence-electron chi connectivity index (χ4n) is 3.75. The molecular weight excluding hydrogens is 431 g/mol. The zero-order chi connectivity index (χ0) is 21.3. The van der Waals surface area contributed by atoms with E-state index in [9.17, 15) is 13.2 Å². The Morgan fingerprint density at radius 3 is 2.28 bits per heavy atom. The number of amides is 1. The van der Waals surface area contributed by atoms with E-state index in [4.69, 9.17) is 23.2 Å². The summed E-state index contributed by atoms with van der Waals surface area (Å²) in [7, 11) is -3.75. The van der Waals surface area contributed by atoms with Gasteiger partial charge in [-0.2, -0.15) is 0 Å². The third-order valence-corrected chi connectivity index (χ3v) is 6.85. The van der Waals surface area contributed by atoms with Gasteiger partial charge in [-0.1, -0.05) is 41.4 Å². The molecule has 1 N–H and O–H groups in total. The third kappa shape index (κ3) is 5.05. The Morgan fingerprint density at radius 1 is 1.03 bits per heavy atom. The van der Waals surface area contributed by atoms with E-state index in [-0.39, 0.29) is 11.7 Å². The van der Waals surface area contributed by atoms with Crippen LogP contribution in [-0.2, 0) is 27.7 Å². The second-order valence-electron chi connectivity index (χ2n) is 7.47. The molecule has 0 heterocycles. The van der Waals surface area contributed by atoms with Crippen molar-refractivity contribution in [1.29, 1.82) is 0 Å². The first-order valence-corrected chi connectivity index (χ1v) is 12.0. The first kappa shape index (κ1) is 21.9. The standard InChI is InChI=1S/C21H24Cl2N2O3S/c1-13(16-8-7-15-5-4-6-17(15)9-16)24-21(26)14(2)25(29(3,27)28)20-11-18(22)10-19(23)12-20/h7-14H,4-6H2,1-3H3,(H,24,26). The molecule has 0 saturated carbocycles. The lowest BCUT2D eigenvalue weighted by Crippen LogP contribution is -2.48. The van der Waals surface area contributed by atoms with Gasteiger partial charge < -0.3 is 5.32 Å². The molecule has 0 spiro atoms. The molecule has 0 radical (unpaired) electrons. The molecule has 8 heteroatoms. The summed E-state index contributed by atoms with van der Waals surface area (Å²) < 4.78 is 25.9. The molecule has 1 amide bonds. The maximum atomic E-state index is 12.9. The van der Waals surface area contributed by atoms with Crippen molar-refractivity contribution >= 4 is 44.8 Å². The lowest BCUT2D eigenvalue weighted by molar-refractivity contribution is -0.122. The van der Waals surface area contributed by atoms with Gasteiger partial charge in [-0.05, 0) is 68.0 Å². The zero-order valence-corrected chi connectivity index (χ0v) is 18.9. The minimum absolute atomic E-state index is 0.248. The lowest BCUT2D eigenvalue weighted by Gasteiger charge is -2.29. The largest absolute Gasteiger partial charge is 0.348 e. The second-order valence-corrected chi connectivity index (χ2v) is 10.2. The summed E-state index contributed by atoms with van der Waals surface area (Å²) in [4.78, 5) is 12.9. The molecule has 1 aliphatic rings. The highest BCUT2D eigenvalue weighted by molar-refractivity contribution is 7.92. The van der Waals surface area contributed by atoms with Crippen LogP contribution in [0.25, 0.3) is 0 Å². The normalized spacial score (nSPS) is 15.5. The highest BCUT2D eigenvalue weighted by Crippen LogP contribution is 2.29. The van der Waals surface area contributed by atoms with Gasteiger partial charge >= 0.3 is 0 Å². The van der Waals surface area contributed by atoms with Gasteiger partial charge in [-0.25, -0.2) is 8.42 Å². The number of carbonyl (C=O) groups excluding carboxylic acids is 1. The predicted molar refractivity (Wildman–Crippen MR) is 118 cm³/mol. The van der Waals surface area contributed by atoms with Crippen LogP contribution in [0.2, 0.25) is 10.0 Å². The van der Waals surface area contributed by atoms with Crippen molar-refractivity contribution in [3.8, 4) is 0 Å². The molecule has 0 bridgehead atoms. The summed E-state index contributed by atoms with van der Waals surface area (Å²) in [5.41, 5.74) is 3.94. The Kier molecular flexibility index (Phi) is 6.46. The monoisotopic (exact) mass is 454 g/mol. The molecule has 3 rings (SSSR count). The third-order valence-electron chi connectivity index (χ3n) is 5.17. The molecule has 2 aromatic rings.